The average Bonchev–Trinajstić information content (AvgIpc) is 3.44. The highest BCUT2D eigenvalue weighted by atomic mass is 19.1. The van der Waals surface area contributed by atoms with Gasteiger partial charge in [-0.2, -0.15) is 5.10 Å². The van der Waals surface area contributed by atoms with Crippen molar-refractivity contribution in [2.45, 2.75) is 26.4 Å². The molecule has 6 nitrogen and oxygen atoms in total. The van der Waals surface area contributed by atoms with Crippen LogP contribution in [0.4, 0.5) is 4.39 Å². The normalized spacial score (nSPS) is 12.3. The Bertz CT molecular complexity index is 1170. The number of hydrogen-bond acceptors (Lipinski definition) is 5. The summed E-state index contributed by atoms with van der Waals surface area (Å²) in [6.45, 7) is 4.71. The van der Waals surface area contributed by atoms with E-state index in [0.717, 1.165) is 28.2 Å². The third-order valence-corrected chi connectivity index (χ3v) is 5.54. The number of methoxy groups -OCH3 is 1. The van der Waals surface area contributed by atoms with Gasteiger partial charge in [0.1, 0.15) is 12.0 Å². The molecule has 0 spiro atoms. The molecule has 0 amide bonds. The smallest absolute Gasteiger partial charge is 0.165 e. The Hall–Kier alpha value is -3.45. The quantitative estimate of drug-likeness (QED) is 0.413. The van der Waals surface area contributed by atoms with E-state index in [1.807, 2.05) is 61.2 Å². The van der Waals surface area contributed by atoms with Gasteiger partial charge in [0, 0.05) is 29.9 Å². The molecule has 1 atom stereocenters. The number of aryl methyl sites for hydroxylation is 1. The fraction of sp³-hybridized carbons (Fsp3) is 0.250. The van der Waals surface area contributed by atoms with E-state index >= 15 is 0 Å². The number of benzene rings is 2. The average molecular weight is 420 g/mol. The van der Waals surface area contributed by atoms with Crippen LogP contribution in [0, 0.1) is 12.7 Å². The molecule has 0 saturated carbocycles. The SMILES string of the molecule is COc1ccc(-c2nn(-c3ccccc3C)cc2CN(C)C(C)c2ccon2)cc1F. The molecule has 0 radical (unpaired) electrons. The molecule has 2 aromatic heterocycles. The molecule has 0 aliphatic carbocycles. The lowest BCUT2D eigenvalue weighted by Gasteiger charge is -2.22. The second-order valence-electron chi connectivity index (χ2n) is 7.60. The van der Waals surface area contributed by atoms with Gasteiger partial charge in [-0.05, 0) is 50.7 Å². The lowest BCUT2D eigenvalue weighted by Crippen LogP contribution is -2.22. The van der Waals surface area contributed by atoms with E-state index in [0.29, 0.717) is 12.1 Å². The van der Waals surface area contributed by atoms with Crippen molar-refractivity contribution in [2.24, 2.45) is 0 Å². The van der Waals surface area contributed by atoms with Crippen LogP contribution in [0.2, 0.25) is 0 Å². The fourth-order valence-corrected chi connectivity index (χ4v) is 3.59. The number of para-hydroxylation sites is 1. The van der Waals surface area contributed by atoms with Gasteiger partial charge in [0.2, 0.25) is 0 Å². The van der Waals surface area contributed by atoms with E-state index in [1.54, 1.807) is 12.3 Å². The number of hydrogen-bond donors (Lipinski definition) is 0. The molecule has 0 N–H and O–H groups in total. The predicted octanol–water partition coefficient (Wildman–Crippen LogP) is 5.18. The van der Waals surface area contributed by atoms with E-state index in [9.17, 15) is 4.39 Å². The van der Waals surface area contributed by atoms with Gasteiger partial charge in [-0.25, -0.2) is 9.07 Å². The lowest BCUT2D eigenvalue weighted by atomic mass is 10.1. The third-order valence-electron chi connectivity index (χ3n) is 5.54. The van der Waals surface area contributed by atoms with Gasteiger partial charge in [0.15, 0.2) is 11.6 Å². The summed E-state index contributed by atoms with van der Waals surface area (Å²) in [5.41, 5.74) is 5.34. The fourth-order valence-electron chi connectivity index (χ4n) is 3.59. The van der Waals surface area contributed by atoms with Crippen LogP contribution >= 0.6 is 0 Å². The van der Waals surface area contributed by atoms with Gasteiger partial charge < -0.3 is 9.26 Å². The molecule has 7 heteroatoms. The van der Waals surface area contributed by atoms with Crippen LogP contribution in [0.3, 0.4) is 0 Å². The molecule has 31 heavy (non-hydrogen) atoms. The molecule has 4 aromatic rings. The van der Waals surface area contributed by atoms with Crippen LogP contribution in [0.15, 0.2) is 65.5 Å². The van der Waals surface area contributed by atoms with Crippen LogP contribution < -0.4 is 4.74 Å². The van der Waals surface area contributed by atoms with Crippen LogP contribution in [0.25, 0.3) is 16.9 Å². The zero-order valence-electron chi connectivity index (χ0n) is 18.0. The molecule has 2 heterocycles. The topological polar surface area (TPSA) is 56.3 Å². The summed E-state index contributed by atoms with van der Waals surface area (Å²) in [6, 6.07) is 14.9. The first kappa shape index (κ1) is 20.8. The van der Waals surface area contributed by atoms with Crippen LogP contribution in [0.5, 0.6) is 5.75 Å². The molecule has 0 aliphatic rings. The molecule has 2 aromatic carbocycles. The maximum atomic E-state index is 14.4. The van der Waals surface area contributed by atoms with Crippen molar-refractivity contribution in [3.05, 3.63) is 83.6 Å². The molecule has 0 aliphatic heterocycles. The lowest BCUT2D eigenvalue weighted by molar-refractivity contribution is 0.241. The number of nitrogens with zero attached hydrogens (tertiary/aromatic N) is 4. The van der Waals surface area contributed by atoms with E-state index in [4.69, 9.17) is 14.4 Å². The molecule has 4 rings (SSSR count). The van der Waals surface area contributed by atoms with E-state index in [-0.39, 0.29) is 11.8 Å². The van der Waals surface area contributed by atoms with Crippen molar-refractivity contribution in [1.29, 1.82) is 0 Å². The zero-order chi connectivity index (χ0) is 22.0. The van der Waals surface area contributed by atoms with Crippen molar-refractivity contribution in [3.63, 3.8) is 0 Å². The van der Waals surface area contributed by atoms with Crippen LogP contribution in [0.1, 0.15) is 29.8 Å². The van der Waals surface area contributed by atoms with Gasteiger partial charge in [-0.15, -0.1) is 0 Å². The first-order valence-corrected chi connectivity index (χ1v) is 10.1. The largest absolute Gasteiger partial charge is 0.494 e. The van der Waals surface area contributed by atoms with Crippen LogP contribution in [-0.2, 0) is 6.54 Å². The summed E-state index contributed by atoms with van der Waals surface area (Å²) < 4.78 is 26.4. The Labute approximate surface area is 180 Å². The Balaban J connectivity index is 1.75. The molecule has 160 valence electrons. The molecule has 0 fully saturated rings. The first-order valence-electron chi connectivity index (χ1n) is 10.1. The molecule has 1 unspecified atom stereocenters. The third kappa shape index (κ3) is 4.22. The summed E-state index contributed by atoms with van der Waals surface area (Å²) in [5.74, 6) is -0.207. The Kier molecular flexibility index (Phi) is 5.86. The van der Waals surface area contributed by atoms with Crippen molar-refractivity contribution in [3.8, 4) is 22.7 Å². The van der Waals surface area contributed by atoms with Crippen molar-refractivity contribution in [2.75, 3.05) is 14.2 Å². The maximum absolute atomic E-state index is 14.4. The minimum atomic E-state index is -0.416. The van der Waals surface area contributed by atoms with Crippen molar-refractivity contribution < 1.29 is 13.7 Å². The summed E-state index contributed by atoms with van der Waals surface area (Å²) in [5, 5.41) is 8.89. The number of ether oxygens (including phenoxy) is 1. The Morgan fingerprint density at radius 1 is 1.19 bits per heavy atom. The highest BCUT2D eigenvalue weighted by molar-refractivity contribution is 5.64. The molecule has 0 saturated heterocycles. The highest BCUT2D eigenvalue weighted by Crippen LogP contribution is 2.30. The predicted molar refractivity (Wildman–Crippen MR) is 117 cm³/mol. The molecular formula is C24H25FN4O2. The van der Waals surface area contributed by atoms with Gasteiger partial charge in [0.25, 0.3) is 0 Å². The Morgan fingerprint density at radius 2 is 2.00 bits per heavy atom. The standard InChI is InChI=1S/C24H25FN4O2/c1-16-7-5-6-8-22(16)29-15-19(14-28(3)17(2)21-11-12-31-27-21)24(26-29)18-9-10-23(30-4)20(25)13-18/h5-13,15,17H,14H2,1-4H3. The second kappa shape index (κ2) is 8.73. The monoisotopic (exact) mass is 420 g/mol. The maximum Gasteiger partial charge on any atom is 0.165 e. The molecular weight excluding hydrogens is 395 g/mol. The van der Waals surface area contributed by atoms with E-state index in [2.05, 4.69) is 17.0 Å². The highest BCUT2D eigenvalue weighted by Gasteiger charge is 2.20. The van der Waals surface area contributed by atoms with Crippen molar-refractivity contribution in [1.82, 2.24) is 19.8 Å². The Morgan fingerprint density at radius 3 is 2.68 bits per heavy atom. The van der Waals surface area contributed by atoms with Gasteiger partial charge in [0.05, 0.1) is 24.5 Å². The zero-order valence-corrected chi connectivity index (χ0v) is 18.0. The number of rotatable bonds is 7. The number of aromatic nitrogens is 3. The second-order valence-corrected chi connectivity index (χ2v) is 7.60. The van der Waals surface area contributed by atoms with E-state index < -0.39 is 5.82 Å². The summed E-state index contributed by atoms with van der Waals surface area (Å²) in [7, 11) is 3.47. The number of halogens is 1. The minimum absolute atomic E-state index is 0.0426. The summed E-state index contributed by atoms with van der Waals surface area (Å²) >= 11 is 0. The summed E-state index contributed by atoms with van der Waals surface area (Å²) in [4.78, 5) is 2.15. The first-order chi connectivity index (χ1) is 15.0. The summed E-state index contributed by atoms with van der Waals surface area (Å²) in [6.07, 6.45) is 3.58. The molecule has 0 bridgehead atoms. The van der Waals surface area contributed by atoms with Gasteiger partial charge in [-0.1, -0.05) is 23.4 Å². The minimum Gasteiger partial charge on any atom is -0.494 e. The van der Waals surface area contributed by atoms with Gasteiger partial charge >= 0.3 is 0 Å². The van der Waals surface area contributed by atoms with Crippen molar-refractivity contribution >= 4 is 0 Å². The van der Waals surface area contributed by atoms with Crippen LogP contribution in [-0.4, -0.2) is 34.0 Å². The van der Waals surface area contributed by atoms with Gasteiger partial charge in [-0.3, -0.25) is 4.90 Å². The van der Waals surface area contributed by atoms with E-state index in [1.165, 1.54) is 13.2 Å².